The summed E-state index contributed by atoms with van der Waals surface area (Å²) in [6.07, 6.45) is 10.2. The lowest BCUT2D eigenvalue weighted by Gasteiger charge is -2.42. The number of fused-ring (bicyclic) bond motifs is 4. The number of halogens is 1. The highest BCUT2D eigenvalue weighted by Crippen LogP contribution is 2.38. The number of likely N-dealkylation sites (tertiary alicyclic amines) is 1. The van der Waals surface area contributed by atoms with Crippen LogP contribution < -0.4 is 15.1 Å². The lowest BCUT2D eigenvalue weighted by Crippen LogP contribution is -2.54. The second-order valence-corrected chi connectivity index (χ2v) is 15.8. The molecule has 0 unspecified atom stereocenters. The highest BCUT2D eigenvalue weighted by Gasteiger charge is 2.35. The monoisotopic (exact) mass is 781 g/mol. The summed E-state index contributed by atoms with van der Waals surface area (Å²) in [6.45, 7) is 8.25. The number of para-hydroxylation sites is 1. The first kappa shape index (κ1) is 37.5. The van der Waals surface area contributed by atoms with Crippen molar-refractivity contribution in [1.29, 1.82) is 0 Å². The number of benzene rings is 2. The third-order valence-corrected chi connectivity index (χ3v) is 12.4. The van der Waals surface area contributed by atoms with Gasteiger partial charge in [0.2, 0.25) is 11.9 Å². The normalized spacial score (nSPS) is 18.5. The molecule has 7 heterocycles. The molecule has 297 valence electrons. The Hall–Kier alpha value is -6.09. The molecule has 58 heavy (non-hydrogen) atoms. The summed E-state index contributed by atoms with van der Waals surface area (Å²) in [4.78, 5) is 59.0. The molecule has 0 bridgehead atoms. The highest BCUT2D eigenvalue weighted by molar-refractivity contribution is 6.43. The summed E-state index contributed by atoms with van der Waals surface area (Å²) >= 11 is 0. The maximum atomic E-state index is 15.7. The minimum absolute atomic E-state index is 0.00922. The number of carbonyl (C=O) groups is 3. The van der Waals surface area contributed by atoms with Crippen LogP contribution in [0.5, 0.6) is 0 Å². The number of nitrogens with zero attached hydrogens (tertiary/aromatic N) is 9. The SMILES string of the molecule is Cc1cc(C)n2c1C=C1C=CC(CCC(=O)N3CCN(C4CCN(C(=O)c5ccc(Nc6ncc7c(n6)N(C)c6ccccc6C(=O)N7C)cc5)CC4)CC3)=[N+]1[B-]2F. The number of hydrogen-bond donors (Lipinski definition) is 1. The van der Waals surface area contributed by atoms with Gasteiger partial charge < -0.3 is 38.2 Å². The first-order chi connectivity index (χ1) is 28.0. The van der Waals surface area contributed by atoms with E-state index in [1.54, 1.807) is 27.1 Å². The van der Waals surface area contributed by atoms with Crippen LogP contribution >= 0.6 is 0 Å². The maximum Gasteiger partial charge on any atom is 0.533 e. The van der Waals surface area contributed by atoms with Crippen molar-refractivity contribution in [1.82, 2.24) is 29.1 Å². The Morgan fingerprint density at radius 1 is 0.914 bits per heavy atom. The average molecular weight is 782 g/mol. The molecule has 13 nitrogen and oxygen atoms in total. The smallest absolute Gasteiger partial charge is 0.449 e. The quantitative estimate of drug-likeness (QED) is 0.248. The molecule has 2 fully saturated rings. The lowest BCUT2D eigenvalue weighted by atomic mass is 9.96. The fraction of sp³-hybridized carbons (Fsp3) is 0.349. The minimum atomic E-state index is -1.31. The van der Waals surface area contributed by atoms with E-state index >= 15 is 4.32 Å². The van der Waals surface area contributed by atoms with Crippen LogP contribution in [0.3, 0.4) is 0 Å². The molecule has 2 aromatic carbocycles. The molecule has 3 amide bonds. The Morgan fingerprint density at radius 2 is 1.66 bits per heavy atom. The minimum Gasteiger partial charge on any atom is -0.449 e. The lowest BCUT2D eigenvalue weighted by molar-refractivity contribution is -0.335. The summed E-state index contributed by atoms with van der Waals surface area (Å²) in [6, 6.07) is 17.2. The second kappa shape index (κ2) is 15.0. The molecule has 9 rings (SSSR count). The van der Waals surface area contributed by atoms with Crippen LogP contribution in [0.15, 0.2) is 78.6 Å². The average Bonchev–Trinajstić information content (AvgIpc) is 3.79. The summed E-state index contributed by atoms with van der Waals surface area (Å²) < 4.78 is 19.2. The number of piperazine rings is 1. The summed E-state index contributed by atoms with van der Waals surface area (Å²) in [5.41, 5.74) is 7.84. The predicted molar refractivity (Wildman–Crippen MR) is 224 cm³/mol. The number of nitrogens with one attached hydrogen (secondary N) is 1. The highest BCUT2D eigenvalue weighted by atomic mass is 19.1. The molecular weight excluding hydrogens is 734 g/mol. The third kappa shape index (κ3) is 6.66. The number of anilines is 5. The number of amides is 3. The van der Waals surface area contributed by atoms with E-state index in [2.05, 4.69) is 15.2 Å². The van der Waals surface area contributed by atoms with E-state index in [-0.39, 0.29) is 17.7 Å². The fourth-order valence-corrected chi connectivity index (χ4v) is 9.08. The van der Waals surface area contributed by atoms with Gasteiger partial charge in [0, 0.05) is 107 Å². The molecule has 2 saturated heterocycles. The van der Waals surface area contributed by atoms with Gasteiger partial charge in [-0.25, -0.2) is 4.98 Å². The van der Waals surface area contributed by atoms with Crippen LogP contribution in [0, 0.1) is 13.8 Å². The molecule has 15 heteroatoms. The zero-order chi connectivity index (χ0) is 40.2. The molecule has 5 aliphatic heterocycles. The van der Waals surface area contributed by atoms with Crippen molar-refractivity contribution >= 4 is 65.6 Å². The zero-order valence-electron chi connectivity index (χ0n) is 33.4. The van der Waals surface area contributed by atoms with Crippen LogP contribution in [-0.4, -0.2) is 124 Å². The Labute approximate surface area is 337 Å². The second-order valence-electron chi connectivity index (χ2n) is 15.8. The van der Waals surface area contributed by atoms with E-state index in [0.29, 0.717) is 73.6 Å². The van der Waals surface area contributed by atoms with Crippen LogP contribution in [0.1, 0.15) is 63.4 Å². The number of aromatic nitrogens is 3. The summed E-state index contributed by atoms with van der Waals surface area (Å²) in [5, 5.41) is 3.25. The fourth-order valence-electron chi connectivity index (χ4n) is 9.08. The van der Waals surface area contributed by atoms with Crippen molar-refractivity contribution in [2.45, 2.75) is 45.6 Å². The van der Waals surface area contributed by atoms with Gasteiger partial charge in [-0.2, -0.15) is 4.98 Å². The van der Waals surface area contributed by atoms with Crippen molar-refractivity contribution in [3.8, 4) is 0 Å². The molecule has 5 aliphatic rings. The number of rotatable bonds is 7. The molecule has 4 aromatic rings. The van der Waals surface area contributed by atoms with Gasteiger partial charge in [-0.1, -0.05) is 12.1 Å². The van der Waals surface area contributed by atoms with Crippen LogP contribution in [0.25, 0.3) is 6.08 Å². The standard InChI is InChI=1S/C43H46BFN10O3/c1-28-25-29(2)54-37(28)26-34-14-13-33(55(34)44(54)45)15-16-39(56)52-23-21-51(22-24-52)32-17-19-53(20-18-32)41(57)30-9-11-31(12-10-30)47-43-46-27-38-40(48-43)49(3)36-8-6-5-7-35(36)42(58)50(38)4/h5-14,25-27,32H,15-24H2,1-4H3/q-1/p+1. The van der Waals surface area contributed by atoms with E-state index in [1.165, 1.54) is 0 Å². The molecule has 1 N–H and O–H groups in total. The molecular formula is C43H47BFN10O3. The van der Waals surface area contributed by atoms with Gasteiger partial charge in [0.1, 0.15) is 11.4 Å². The van der Waals surface area contributed by atoms with Crippen LogP contribution in [0.4, 0.5) is 33.1 Å². The third-order valence-electron chi connectivity index (χ3n) is 12.4. The summed E-state index contributed by atoms with van der Waals surface area (Å²) in [5.74, 6) is 0.973. The van der Waals surface area contributed by atoms with Crippen molar-refractivity contribution < 1.29 is 23.2 Å². The van der Waals surface area contributed by atoms with Gasteiger partial charge in [0.15, 0.2) is 11.5 Å². The maximum absolute atomic E-state index is 15.7. The van der Waals surface area contributed by atoms with Crippen molar-refractivity contribution in [2.24, 2.45) is 0 Å². The van der Waals surface area contributed by atoms with E-state index < -0.39 is 7.26 Å². The van der Waals surface area contributed by atoms with Crippen molar-refractivity contribution in [3.05, 3.63) is 107 Å². The summed E-state index contributed by atoms with van der Waals surface area (Å²) in [7, 11) is 2.29. The molecule has 2 aromatic heterocycles. The van der Waals surface area contributed by atoms with Crippen molar-refractivity contribution in [2.75, 3.05) is 68.5 Å². The Bertz CT molecular complexity index is 2410. The number of carbonyl (C=O) groups excluding carboxylic acids is 3. The van der Waals surface area contributed by atoms with Gasteiger partial charge in [-0.15, -0.1) is 0 Å². The molecule has 0 atom stereocenters. The molecule has 0 aliphatic carbocycles. The topological polar surface area (TPSA) is 113 Å². The van der Waals surface area contributed by atoms with E-state index in [1.807, 2.05) is 108 Å². The largest absolute Gasteiger partial charge is 0.533 e. The zero-order valence-corrected chi connectivity index (χ0v) is 33.4. The van der Waals surface area contributed by atoms with Crippen LogP contribution in [-0.2, 0) is 4.79 Å². The number of aryl methyl sites for hydroxylation is 2. The van der Waals surface area contributed by atoms with Gasteiger partial charge in [0.25, 0.3) is 11.8 Å². The van der Waals surface area contributed by atoms with Crippen LogP contribution in [0.2, 0.25) is 0 Å². The van der Waals surface area contributed by atoms with Gasteiger partial charge in [-0.3, -0.25) is 19.3 Å². The predicted octanol–water partition coefficient (Wildman–Crippen LogP) is 5.41. The Kier molecular flexibility index (Phi) is 9.71. The van der Waals surface area contributed by atoms with Crippen molar-refractivity contribution in [3.63, 3.8) is 0 Å². The Balaban J connectivity index is 0.747. The molecule has 0 saturated carbocycles. The number of hydrogen-bond acceptors (Lipinski definition) is 8. The van der Waals surface area contributed by atoms with Gasteiger partial charge in [-0.05, 0) is 80.4 Å². The first-order valence-electron chi connectivity index (χ1n) is 20.1. The Morgan fingerprint density at radius 3 is 2.41 bits per heavy atom. The van der Waals surface area contributed by atoms with E-state index in [4.69, 9.17) is 4.98 Å². The molecule has 0 spiro atoms. The van der Waals surface area contributed by atoms with E-state index in [9.17, 15) is 14.4 Å². The van der Waals surface area contributed by atoms with Gasteiger partial charge >= 0.3 is 7.26 Å². The number of allylic oxidation sites excluding steroid dienone is 2. The number of piperidine rings is 1. The first-order valence-corrected chi connectivity index (χ1v) is 20.1. The molecule has 1 radical (unpaired) electrons. The van der Waals surface area contributed by atoms with Gasteiger partial charge in [0.05, 0.1) is 17.4 Å². The van der Waals surface area contributed by atoms with E-state index in [0.717, 1.165) is 65.7 Å².